The van der Waals surface area contributed by atoms with E-state index >= 15 is 0 Å². The largest absolute Gasteiger partial charge is 0.261 e. The number of hydrogen-bond acceptors (Lipinski definition) is 0. The second-order valence-electron chi connectivity index (χ2n) is 4.56. The Labute approximate surface area is 87.3 Å². The molecule has 0 aromatic carbocycles. The second kappa shape index (κ2) is 4.68. The molecular weight excluding hydrogens is 170 g/mol. The van der Waals surface area contributed by atoms with Crippen molar-refractivity contribution >= 4 is 0 Å². The van der Waals surface area contributed by atoms with Crippen LogP contribution in [0.1, 0.15) is 51.9 Å². The Bertz CT molecular complexity index is 242. The predicted octanol–water partition coefficient (Wildman–Crippen LogP) is 3.75. The summed E-state index contributed by atoms with van der Waals surface area (Å²) in [5.74, 6) is 0.755. The molecule has 0 saturated heterocycles. The first-order valence-corrected chi connectivity index (χ1v) is 5.96. The summed E-state index contributed by atoms with van der Waals surface area (Å²) in [5.41, 5.74) is 2.78. The normalized spacial score (nSPS) is 24.6. The van der Waals surface area contributed by atoms with Crippen LogP contribution in [0.5, 0.6) is 0 Å². The maximum atomic E-state index is 4.51. The summed E-state index contributed by atoms with van der Waals surface area (Å²) >= 11 is 0. The molecule has 0 atom stereocenters. The Morgan fingerprint density at radius 2 is 1.71 bits per heavy atom. The monoisotopic (exact) mass is 190 g/mol. The molecule has 1 aliphatic heterocycles. The van der Waals surface area contributed by atoms with Crippen LogP contribution in [0.15, 0.2) is 23.5 Å². The zero-order valence-corrected chi connectivity index (χ0v) is 9.13. The number of hydrogen-bond donors (Lipinski definition) is 0. The Morgan fingerprint density at radius 3 is 2.29 bits per heavy atom. The molecular formula is C13H20N. The van der Waals surface area contributed by atoms with Gasteiger partial charge in [-0.2, -0.15) is 0 Å². The lowest BCUT2D eigenvalue weighted by atomic mass is 9.88. The Morgan fingerprint density at radius 1 is 1.07 bits per heavy atom. The van der Waals surface area contributed by atoms with Crippen LogP contribution in [0, 0.1) is 5.92 Å². The first kappa shape index (κ1) is 9.82. The van der Waals surface area contributed by atoms with Crippen molar-refractivity contribution in [2.24, 2.45) is 5.92 Å². The SMILES string of the molecule is CC1=C(C2CCCCCCC2)[N]C=C1. The third kappa shape index (κ3) is 2.20. The van der Waals surface area contributed by atoms with Gasteiger partial charge < -0.3 is 0 Å². The summed E-state index contributed by atoms with van der Waals surface area (Å²) in [6, 6.07) is 0. The molecule has 0 N–H and O–H groups in total. The lowest BCUT2D eigenvalue weighted by Crippen LogP contribution is -2.11. The molecule has 1 heteroatoms. The fraction of sp³-hybridized carbons (Fsp3) is 0.692. The van der Waals surface area contributed by atoms with Crippen LogP contribution in [0.4, 0.5) is 0 Å². The Hall–Kier alpha value is -0.720. The van der Waals surface area contributed by atoms with Crippen LogP contribution >= 0.6 is 0 Å². The van der Waals surface area contributed by atoms with Crippen molar-refractivity contribution in [3.05, 3.63) is 23.5 Å². The summed E-state index contributed by atoms with van der Waals surface area (Å²) < 4.78 is 0. The topological polar surface area (TPSA) is 14.1 Å². The van der Waals surface area contributed by atoms with Crippen molar-refractivity contribution in [1.82, 2.24) is 5.32 Å². The van der Waals surface area contributed by atoms with E-state index in [2.05, 4.69) is 18.3 Å². The van der Waals surface area contributed by atoms with Crippen LogP contribution in [-0.2, 0) is 0 Å². The van der Waals surface area contributed by atoms with E-state index in [0.29, 0.717) is 0 Å². The summed E-state index contributed by atoms with van der Waals surface area (Å²) in [7, 11) is 0. The molecule has 0 aromatic rings. The van der Waals surface area contributed by atoms with E-state index in [4.69, 9.17) is 0 Å². The van der Waals surface area contributed by atoms with Crippen molar-refractivity contribution in [2.45, 2.75) is 51.9 Å². The van der Waals surface area contributed by atoms with Crippen molar-refractivity contribution < 1.29 is 0 Å². The zero-order valence-electron chi connectivity index (χ0n) is 9.13. The van der Waals surface area contributed by atoms with E-state index in [1.807, 2.05) is 6.20 Å². The molecule has 2 aliphatic rings. The van der Waals surface area contributed by atoms with Gasteiger partial charge in [0.05, 0.1) is 0 Å². The van der Waals surface area contributed by atoms with Crippen LogP contribution in [0.3, 0.4) is 0 Å². The van der Waals surface area contributed by atoms with Gasteiger partial charge in [0.1, 0.15) is 0 Å². The fourth-order valence-electron chi connectivity index (χ4n) is 2.57. The molecule has 0 spiro atoms. The first-order valence-electron chi connectivity index (χ1n) is 5.96. The summed E-state index contributed by atoms with van der Waals surface area (Å²) in [4.78, 5) is 0. The van der Waals surface area contributed by atoms with Gasteiger partial charge in [-0.1, -0.05) is 32.1 Å². The third-order valence-corrected chi connectivity index (χ3v) is 3.43. The van der Waals surface area contributed by atoms with Gasteiger partial charge in [0, 0.05) is 17.8 Å². The second-order valence-corrected chi connectivity index (χ2v) is 4.56. The van der Waals surface area contributed by atoms with E-state index in [1.54, 1.807) is 0 Å². The van der Waals surface area contributed by atoms with Gasteiger partial charge in [-0.3, -0.25) is 5.32 Å². The lowest BCUT2D eigenvalue weighted by molar-refractivity contribution is 0.409. The van der Waals surface area contributed by atoms with Gasteiger partial charge >= 0.3 is 0 Å². The highest BCUT2D eigenvalue weighted by Gasteiger charge is 2.19. The van der Waals surface area contributed by atoms with Gasteiger partial charge in [0.2, 0.25) is 0 Å². The van der Waals surface area contributed by atoms with E-state index in [-0.39, 0.29) is 0 Å². The molecule has 1 heterocycles. The number of nitrogens with zero attached hydrogens (tertiary/aromatic N) is 1. The van der Waals surface area contributed by atoms with Gasteiger partial charge in [-0.25, -0.2) is 0 Å². The van der Waals surface area contributed by atoms with Crippen LogP contribution in [-0.4, -0.2) is 0 Å². The molecule has 14 heavy (non-hydrogen) atoms. The highest BCUT2D eigenvalue weighted by atomic mass is 14.9. The average molecular weight is 190 g/mol. The fourth-order valence-corrected chi connectivity index (χ4v) is 2.57. The maximum absolute atomic E-state index is 4.51. The minimum absolute atomic E-state index is 0.755. The minimum atomic E-state index is 0.755. The van der Waals surface area contributed by atoms with Gasteiger partial charge in [-0.05, 0) is 31.4 Å². The molecule has 0 amide bonds. The molecule has 0 aromatic heterocycles. The van der Waals surface area contributed by atoms with Crippen molar-refractivity contribution in [1.29, 1.82) is 0 Å². The molecule has 1 fully saturated rings. The highest BCUT2D eigenvalue weighted by molar-refractivity contribution is 5.30. The average Bonchev–Trinajstić information content (AvgIpc) is 2.51. The van der Waals surface area contributed by atoms with E-state index in [9.17, 15) is 0 Å². The van der Waals surface area contributed by atoms with E-state index in [0.717, 1.165) is 5.92 Å². The summed E-state index contributed by atoms with van der Waals surface area (Å²) in [6.07, 6.45) is 13.9. The summed E-state index contributed by atoms with van der Waals surface area (Å²) in [6.45, 7) is 2.20. The van der Waals surface area contributed by atoms with Crippen LogP contribution < -0.4 is 5.32 Å². The number of rotatable bonds is 1. The lowest BCUT2D eigenvalue weighted by Gasteiger charge is -2.20. The first-order chi connectivity index (χ1) is 6.88. The molecule has 1 nitrogen and oxygen atoms in total. The quantitative estimate of drug-likeness (QED) is 0.598. The zero-order chi connectivity index (χ0) is 9.80. The van der Waals surface area contributed by atoms with Gasteiger partial charge in [0.25, 0.3) is 0 Å². The van der Waals surface area contributed by atoms with Gasteiger partial charge in [0.15, 0.2) is 0 Å². The van der Waals surface area contributed by atoms with Gasteiger partial charge in [-0.15, -0.1) is 0 Å². The van der Waals surface area contributed by atoms with Crippen LogP contribution in [0.2, 0.25) is 0 Å². The predicted molar refractivity (Wildman–Crippen MR) is 59.8 cm³/mol. The molecule has 1 saturated carbocycles. The van der Waals surface area contributed by atoms with Crippen LogP contribution in [0.25, 0.3) is 0 Å². The minimum Gasteiger partial charge on any atom is -0.261 e. The highest BCUT2D eigenvalue weighted by Crippen LogP contribution is 2.30. The Balaban J connectivity index is 1.98. The molecule has 2 rings (SSSR count). The molecule has 77 valence electrons. The maximum Gasteiger partial charge on any atom is 0.0464 e. The molecule has 1 aliphatic carbocycles. The molecule has 0 bridgehead atoms. The third-order valence-electron chi connectivity index (χ3n) is 3.43. The van der Waals surface area contributed by atoms with E-state index < -0.39 is 0 Å². The number of allylic oxidation sites excluding steroid dienone is 3. The summed E-state index contributed by atoms with van der Waals surface area (Å²) in [5, 5.41) is 4.51. The van der Waals surface area contributed by atoms with Crippen molar-refractivity contribution in [2.75, 3.05) is 0 Å². The molecule has 1 radical (unpaired) electrons. The Kier molecular flexibility index (Phi) is 3.28. The van der Waals surface area contributed by atoms with E-state index in [1.165, 1.54) is 56.2 Å². The van der Waals surface area contributed by atoms with Crippen molar-refractivity contribution in [3.63, 3.8) is 0 Å². The van der Waals surface area contributed by atoms with Crippen molar-refractivity contribution in [3.8, 4) is 0 Å². The molecule has 0 unspecified atom stereocenters. The smallest absolute Gasteiger partial charge is 0.0464 e. The standard InChI is InChI=1S/C13H20N/c1-11-9-10-14-13(11)12-7-5-3-2-4-6-8-12/h9-10,12H,2-8H2,1H3.